The van der Waals surface area contributed by atoms with Crippen LogP contribution in [0.15, 0.2) is 30.5 Å². The number of nitro benzene ring substituents is 1. The molecule has 0 amide bonds. The predicted molar refractivity (Wildman–Crippen MR) is 80.3 cm³/mol. The van der Waals surface area contributed by atoms with Crippen molar-refractivity contribution < 1.29 is 10.0 Å². The number of nitrogens with zero attached hydrogens (tertiary/aromatic N) is 2. The summed E-state index contributed by atoms with van der Waals surface area (Å²) in [6.07, 6.45) is 4.48. The minimum Gasteiger partial charge on any atom is -0.396 e. The zero-order chi connectivity index (χ0) is 14.9. The van der Waals surface area contributed by atoms with Gasteiger partial charge in [0.2, 0.25) is 0 Å². The second kappa shape index (κ2) is 5.29. The van der Waals surface area contributed by atoms with E-state index in [1.807, 2.05) is 0 Å². The molecule has 6 nitrogen and oxygen atoms in total. The van der Waals surface area contributed by atoms with Crippen molar-refractivity contribution in [3.05, 3.63) is 40.6 Å². The molecule has 2 aromatic rings. The number of nitro groups is 1. The number of benzene rings is 1. The van der Waals surface area contributed by atoms with Gasteiger partial charge in [-0.25, -0.2) is 0 Å². The summed E-state index contributed by atoms with van der Waals surface area (Å²) in [5.41, 5.74) is 1.31. The maximum absolute atomic E-state index is 11.4. The summed E-state index contributed by atoms with van der Waals surface area (Å²) in [4.78, 5) is 15.2. The van der Waals surface area contributed by atoms with Gasteiger partial charge in [0.15, 0.2) is 0 Å². The highest BCUT2D eigenvalue weighted by molar-refractivity contribution is 5.94. The third-order valence-electron chi connectivity index (χ3n) is 4.19. The van der Waals surface area contributed by atoms with Gasteiger partial charge in [-0.2, -0.15) is 0 Å². The molecule has 0 unspecified atom stereocenters. The number of aliphatic hydroxyl groups is 1. The number of fused-ring (bicyclic) bond motifs is 1. The van der Waals surface area contributed by atoms with Crippen molar-refractivity contribution in [3.8, 4) is 0 Å². The fraction of sp³-hybridized carbons (Fsp3) is 0.400. The fourth-order valence-electron chi connectivity index (χ4n) is 2.69. The minimum atomic E-state index is -0.363. The molecule has 1 aromatic heterocycles. The van der Waals surface area contributed by atoms with Crippen LogP contribution in [-0.2, 0) is 0 Å². The molecule has 0 aliphatic heterocycles. The molecule has 21 heavy (non-hydrogen) atoms. The zero-order valence-electron chi connectivity index (χ0n) is 11.6. The first-order valence-electron chi connectivity index (χ1n) is 7.02. The first-order chi connectivity index (χ1) is 10.2. The number of hydrogen-bond acceptors (Lipinski definition) is 5. The second-order valence-corrected chi connectivity index (χ2v) is 5.62. The SMILES string of the molecule is O=[N+]([O-])c1c(NCC2(CCO)CC2)ccc2ncccc12. The number of anilines is 1. The highest BCUT2D eigenvalue weighted by Crippen LogP contribution is 2.49. The van der Waals surface area contributed by atoms with Crippen molar-refractivity contribution in [1.29, 1.82) is 0 Å². The molecule has 0 bridgehead atoms. The van der Waals surface area contributed by atoms with Crippen LogP contribution < -0.4 is 5.32 Å². The second-order valence-electron chi connectivity index (χ2n) is 5.62. The van der Waals surface area contributed by atoms with Gasteiger partial charge in [0, 0.05) is 19.3 Å². The van der Waals surface area contributed by atoms with Gasteiger partial charge in [0.1, 0.15) is 5.69 Å². The summed E-state index contributed by atoms with van der Waals surface area (Å²) in [7, 11) is 0. The van der Waals surface area contributed by atoms with Crippen molar-refractivity contribution in [2.45, 2.75) is 19.3 Å². The van der Waals surface area contributed by atoms with E-state index in [1.165, 1.54) is 0 Å². The Balaban J connectivity index is 1.91. The molecule has 1 aliphatic rings. The summed E-state index contributed by atoms with van der Waals surface area (Å²) in [5.74, 6) is 0. The minimum absolute atomic E-state index is 0.0698. The molecule has 110 valence electrons. The molecule has 3 rings (SSSR count). The number of hydrogen-bond donors (Lipinski definition) is 2. The number of aromatic nitrogens is 1. The summed E-state index contributed by atoms with van der Waals surface area (Å²) in [6, 6.07) is 6.91. The van der Waals surface area contributed by atoms with Gasteiger partial charge < -0.3 is 10.4 Å². The van der Waals surface area contributed by atoms with E-state index in [2.05, 4.69) is 10.3 Å². The highest BCUT2D eigenvalue weighted by atomic mass is 16.6. The molecule has 6 heteroatoms. The third-order valence-corrected chi connectivity index (χ3v) is 4.19. The predicted octanol–water partition coefficient (Wildman–Crippen LogP) is 2.72. The van der Waals surface area contributed by atoms with Crippen LogP contribution in [0.5, 0.6) is 0 Å². The van der Waals surface area contributed by atoms with E-state index in [-0.39, 0.29) is 22.6 Å². The number of rotatable bonds is 6. The smallest absolute Gasteiger partial charge is 0.301 e. The molecular weight excluding hydrogens is 270 g/mol. The molecule has 1 aliphatic carbocycles. The van der Waals surface area contributed by atoms with Gasteiger partial charge in [0.25, 0.3) is 0 Å². The van der Waals surface area contributed by atoms with Crippen LogP contribution in [0.4, 0.5) is 11.4 Å². The maximum Gasteiger partial charge on any atom is 0.301 e. The monoisotopic (exact) mass is 287 g/mol. The van der Waals surface area contributed by atoms with Crippen LogP contribution >= 0.6 is 0 Å². The molecule has 0 atom stereocenters. The molecule has 1 heterocycles. The molecule has 1 saturated carbocycles. The first-order valence-corrected chi connectivity index (χ1v) is 7.02. The standard InChI is InChI=1S/C15H17N3O3/c19-9-7-15(5-6-15)10-17-13-4-3-12-11(2-1-8-16-12)14(13)18(20)21/h1-4,8,17,19H,5-7,9-10H2. The van der Waals surface area contributed by atoms with Gasteiger partial charge in [-0.3, -0.25) is 15.1 Å². The summed E-state index contributed by atoms with van der Waals surface area (Å²) < 4.78 is 0. The lowest BCUT2D eigenvalue weighted by molar-refractivity contribution is -0.382. The Morgan fingerprint density at radius 1 is 1.38 bits per heavy atom. The van der Waals surface area contributed by atoms with Crippen molar-refractivity contribution in [1.82, 2.24) is 4.98 Å². The van der Waals surface area contributed by atoms with E-state index in [4.69, 9.17) is 5.11 Å². The first kappa shape index (κ1) is 13.8. The van der Waals surface area contributed by atoms with Crippen LogP contribution in [0.2, 0.25) is 0 Å². The lowest BCUT2D eigenvalue weighted by atomic mass is 10.0. The van der Waals surface area contributed by atoms with Crippen molar-refractivity contribution in [3.63, 3.8) is 0 Å². The zero-order valence-corrected chi connectivity index (χ0v) is 11.6. The third kappa shape index (κ3) is 2.67. The Morgan fingerprint density at radius 2 is 2.19 bits per heavy atom. The summed E-state index contributed by atoms with van der Waals surface area (Å²) in [6.45, 7) is 0.811. The highest BCUT2D eigenvalue weighted by Gasteiger charge is 2.41. The van der Waals surface area contributed by atoms with E-state index in [0.717, 1.165) is 19.3 Å². The Bertz CT molecular complexity index is 683. The van der Waals surface area contributed by atoms with Crippen LogP contribution in [0.3, 0.4) is 0 Å². The fourth-order valence-corrected chi connectivity index (χ4v) is 2.69. The molecular formula is C15H17N3O3. The Kier molecular flexibility index (Phi) is 3.47. The Morgan fingerprint density at radius 3 is 2.86 bits per heavy atom. The maximum atomic E-state index is 11.4. The number of pyridine rings is 1. The lowest BCUT2D eigenvalue weighted by Crippen LogP contribution is -2.17. The van der Waals surface area contributed by atoms with E-state index in [1.54, 1.807) is 30.5 Å². The average Bonchev–Trinajstić information content (AvgIpc) is 3.24. The van der Waals surface area contributed by atoms with Crippen molar-refractivity contribution in [2.24, 2.45) is 5.41 Å². The Hall–Kier alpha value is -2.21. The van der Waals surface area contributed by atoms with Gasteiger partial charge in [-0.1, -0.05) is 0 Å². The summed E-state index contributed by atoms with van der Waals surface area (Å²) >= 11 is 0. The van der Waals surface area contributed by atoms with E-state index < -0.39 is 0 Å². The number of nitrogens with one attached hydrogen (secondary N) is 1. The largest absolute Gasteiger partial charge is 0.396 e. The van der Waals surface area contributed by atoms with Crippen LogP contribution in [-0.4, -0.2) is 28.2 Å². The van der Waals surface area contributed by atoms with Crippen LogP contribution in [0, 0.1) is 15.5 Å². The number of aliphatic hydroxyl groups excluding tert-OH is 1. The topological polar surface area (TPSA) is 88.3 Å². The molecule has 1 aromatic carbocycles. The van der Waals surface area contributed by atoms with E-state index in [9.17, 15) is 10.1 Å². The lowest BCUT2D eigenvalue weighted by Gasteiger charge is -2.16. The quantitative estimate of drug-likeness (QED) is 0.630. The molecule has 1 fully saturated rings. The van der Waals surface area contributed by atoms with Gasteiger partial charge in [-0.05, 0) is 48.9 Å². The molecule has 0 saturated heterocycles. The summed E-state index contributed by atoms with van der Waals surface area (Å²) in [5, 5.41) is 24.2. The van der Waals surface area contributed by atoms with E-state index in [0.29, 0.717) is 23.1 Å². The molecule has 2 N–H and O–H groups in total. The molecule has 0 spiro atoms. The molecule has 0 radical (unpaired) electrons. The van der Waals surface area contributed by atoms with Crippen LogP contribution in [0.25, 0.3) is 10.9 Å². The van der Waals surface area contributed by atoms with E-state index >= 15 is 0 Å². The normalized spacial score (nSPS) is 15.9. The van der Waals surface area contributed by atoms with Gasteiger partial charge in [-0.15, -0.1) is 0 Å². The average molecular weight is 287 g/mol. The van der Waals surface area contributed by atoms with Crippen molar-refractivity contribution in [2.75, 3.05) is 18.5 Å². The van der Waals surface area contributed by atoms with Crippen LogP contribution in [0.1, 0.15) is 19.3 Å². The van der Waals surface area contributed by atoms with Gasteiger partial charge in [0.05, 0.1) is 15.8 Å². The van der Waals surface area contributed by atoms with Gasteiger partial charge >= 0.3 is 5.69 Å². The Labute approximate surface area is 122 Å². The van der Waals surface area contributed by atoms with Crippen molar-refractivity contribution >= 4 is 22.3 Å².